The number of fused-ring (bicyclic) bond motifs is 1. The van der Waals surface area contributed by atoms with Gasteiger partial charge >= 0.3 is 0 Å². The monoisotopic (exact) mass is 532 g/mol. The second kappa shape index (κ2) is 9.87. The van der Waals surface area contributed by atoms with Gasteiger partial charge in [0.15, 0.2) is 9.84 Å². The summed E-state index contributed by atoms with van der Waals surface area (Å²) in [5, 5.41) is 7.56. The van der Waals surface area contributed by atoms with Crippen LogP contribution in [0.15, 0.2) is 66.0 Å². The van der Waals surface area contributed by atoms with Crippen LogP contribution in [0, 0.1) is 6.92 Å². The van der Waals surface area contributed by atoms with Crippen LogP contribution in [0.3, 0.4) is 0 Å². The first-order chi connectivity index (χ1) is 18.0. The molecule has 1 aliphatic rings. The Balaban J connectivity index is 1.32. The second-order valence-corrected chi connectivity index (χ2v) is 13.1. The average Bonchev–Trinajstić information content (AvgIpc) is 3.28. The third kappa shape index (κ3) is 5.29. The van der Waals surface area contributed by atoms with E-state index in [1.807, 2.05) is 56.8 Å². The zero-order chi connectivity index (χ0) is 27.1. The fraction of sp³-hybridized carbons (Fsp3) is 0.345. The van der Waals surface area contributed by atoms with E-state index >= 15 is 0 Å². The number of aryl methyl sites for hydroxylation is 1. The number of nitrogens with one attached hydrogen (secondary N) is 1. The third-order valence-corrected chi connectivity index (χ3v) is 9.13. The van der Waals surface area contributed by atoms with E-state index in [2.05, 4.69) is 15.4 Å². The van der Waals surface area contributed by atoms with Gasteiger partial charge in [-0.1, -0.05) is 18.6 Å². The molecule has 0 aliphatic heterocycles. The summed E-state index contributed by atoms with van der Waals surface area (Å²) >= 11 is 0. The predicted octanol–water partition coefficient (Wildman–Crippen LogP) is 5.79. The Kier molecular flexibility index (Phi) is 6.73. The van der Waals surface area contributed by atoms with E-state index in [1.165, 1.54) is 0 Å². The maximum atomic E-state index is 13.0. The zero-order valence-electron chi connectivity index (χ0n) is 22.1. The van der Waals surface area contributed by atoms with Crippen LogP contribution in [0.2, 0.25) is 0 Å². The summed E-state index contributed by atoms with van der Waals surface area (Å²) in [5.41, 5.74) is 2.87. The highest BCUT2D eigenvalue weighted by atomic mass is 32.2. The van der Waals surface area contributed by atoms with E-state index in [0.717, 1.165) is 17.5 Å². The van der Waals surface area contributed by atoms with E-state index in [4.69, 9.17) is 4.74 Å². The molecule has 0 bridgehead atoms. The van der Waals surface area contributed by atoms with E-state index in [-0.39, 0.29) is 23.1 Å². The molecular formula is C29H32N4O4S. The van der Waals surface area contributed by atoms with E-state index < -0.39 is 9.84 Å². The van der Waals surface area contributed by atoms with Gasteiger partial charge in [0.05, 0.1) is 39.5 Å². The number of carbonyl (C=O) groups is 1. The maximum Gasteiger partial charge on any atom is 0.228 e. The lowest BCUT2D eigenvalue weighted by atomic mass is 10.00. The van der Waals surface area contributed by atoms with Crippen molar-refractivity contribution in [1.29, 1.82) is 0 Å². The number of rotatable bonds is 7. The fourth-order valence-corrected chi connectivity index (χ4v) is 6.32. The van der Waals surface area contributed by atoms with Crippen LogP contribution in [-0.2, 0) is 26.6 Å². The Hall–Kier alpha value is -3.72. The number of carbonyl (C=O) groups excluding carboxylic acids is 1. The molecule has 38 heavy (non-hydrogen) atoms. The number of ether oxygens (including phenoxy) is 1. The number of benzene rings is 2. The quantitative estimate of drug-likeness (QED) is 0.323. The first kappa shape index (κ1) is 25.9. The van der Waals surface area contributed by atoms with Crippen molar-refractivity contribution < 1.29 is 17.9 Å². The smallest absolute Gasteiger partial charge is 0.228 e. The number of amides is 1. The Morgan fingerprint density at radius 1 is 1.11 bits per heavy atom. The molecule has 0 unspecified atom stereocenters. The summed E-state index contributed by atoms with van der Waals surface area (Å²) in [7, 11) is -3.36. The minimum Gasteiger partial charge on any atom is -0.456 e. The van der Waals surface area contributed by atoms with Crippen LogP contribution in [0.25, 0.3) is 10.9 Å². The Bertz CT molecular complexity index is 1620. The molecule has 0 spiro atoms. The molecule has 2 aromatic carbocycles. The van der Waals surface area contributed by atoms with Gasteiger partial charge in [0.1, 0.15) is 11.5 Å². The summed E-state index contributed by atoms with van der Waals surface area (Å²) in [6, 6.07) is 12.4. The maximum absolute atomic E-state index is 13.0. The molecule has 5 rings (SSSR count). The molecule has 0 saturated heterocycles. The van der Waals surface area contributed by atoms with Crippen molar-refractivity contribution in [1.82, 2.24) is 14.8 Å². The summed E-state index contributed by atoms with van der Waals surface area (Å²) in [4.78, 5) is 17.3. The Morgan fingerprint density at radius 3 is 2.55 bits per heavy atom. The van der Waals surface area contributed by atoms with Gasteiger partial charge < -0.3 is 10.1 Å². The molecule has 0 atom stereocenters. The SMILES string of the molecule is Cc1cc(CC(=O)Nc2cnn(C(C)(C)C)c2)ccc1Oc1ccnc2ccc(S(=O)(=O)C3CCC3)cc12. The highest BCUT2D eigenvalue weighted by Crippen LogP contribution is 2.35. The molecule has 1 fully saturated rings. The van der Waals surface area contributed by atoms with Gasteiger partial charge in [0.25, 0.3) is 0 Å². The highest BCUT2D eigenvalue weighted by molar-refractivity contribution is 7.92. The topological polar surface area (TPSA) is 103 Å². The molecule has 1 amide bonds. The van der Waals surface area contributed by atoms with Gasteiger partial charge in [-0.05, 0) is 82.0 Å². The van der Waals surface area contributed by atoms with Crippen molar-refractivity contribution in [3.63, 3.8) is 0 Å². The largest absolute Gasteiger partial charge is 0.456 e. The molecule has 8 nitrogen and oxygen atoms in total. The van der Waals surface area contributed by atoms with Crippen molar-refractivity contribution in [3.8, 4) is 11.5 Å². The fourth-order valence-electron chi connectivity index (χ4n) is 4.44. The Labute approximate surface area is 223 Å². The van der Waals surface area contributed by atoms with Crippen molar-refractivity contribution >= 4 is 32.3 Å². The van der Waals surface area contributed by atoms with Crippen LogP contribution in [0.5, 0.6) is 11.5 Å². The molecule has 2 heterocycles. The minimum atomic E-state index is -3.36. The van der Waals surface area contributed by atoms with E-state index in [1.54, 1.807) is 36.7 Å². The Morgan fingerprint density at radius 2 is 1.89 bits per heavy atom. The molecule has 1 N–H and O–H groups in total. The zero-order valence-corrected chi connectivity index (χ0v) is 22.9. The van der Waals surface area contributed by atoms with Crippen molar-refractivity contribution in [2.75, 3.05) is 5.32 Å². The molecule has 9 heteroatoms. The molecule has 1 saturated carbocycles. The summed E-state index contributed by atoms with van der Waals surface area (Å²) in [6.07, 6.45) is 7.69. The van der Waals surface area contributed by atoms with Crippen molar-refractivity contribution in [2.24, 2.45) is 0 Å². The molecule has 2 aromatic heterocycles. The van der Waals surface area contributed by atoms with E-state index in [9.17, 15) is 13.2 Å². The first-order valence-corrected chi connectivity index (χ1v) is 14.3. The molecule has 1 aliphatic carbocycles. The number of hydrogen-bond acceptors (Lipinski definition) is 6. The number of nitrogens with zero attached hydrogens (tertiary/aromatic N) is 3. The van der Waals surface area contributed by atoms with E-state index in [0.29, 0.717) is 45.8 Å². The summed E-state index contributed by atoms with van der Waals surface area (Å²) < 4.78 is 34.0. The lowest BCUT2D eigenvalue weighted by Gasteiger charge is -2.25. The number of pyridine rings is 1. The van der Waals surface area contributed by atoms with Crippen LogP contribution < -0.4 is 10.1 Å². The van der Waals surface area contributed by atoms with Crippen LogP contribution >= 0.6 is 0 Å². The number of hydrogen-bond donors (Lipinski definition) is 1. The van der Waals surface area contributed by atoms with Crippen molar-refractivity contribution in [3.05, 3.63) is 72.2 Å². The van der Waals surface area contributed by atoms with Crippen LogP contribution in [-0.4, -0.2) is 34.3 Å². The predicted molar refractivity (Wildman–Crippen MR) is 147 cm³/mol. The van der Waals surface area contributed by atoms with Gasteiger partial charge in [-0.2, -0.15) is 5.10 Å². The molecular weight excluding hydrogens is 500 g/mol. The van der Waals surface area contributed by atoms with Gasteiger partial charge in [-0.3, -0.25) is 14.5 Å². The number of aromatic nitrogens is 3. The lowest BCUT2D eigenvalue weighted by molar-refractivity contribution is -0.115. The van der Waals surface area contributed by atoms with Gasteiger partial charge in [-0.15, -0.1) is 0 Å². The lowest BCUT2D eigenvalue weighted by Crippen LogP contribution is -2.28. The molecule has 0 radical (unpaired) electrons. The number of sulfone groups is 1. The molecule has 198 valence electrons. The second-order valence-electron chi connectivity index (χ2n) is 10.9. The normalized spacial score (nSPS) is 14.3. The van der Waals surface area contributed by atoms with Crippen LogP contribution in [0.1, 0.15) is 51.2 Å². The third-order valence-electron chi connectivity index (χ3n) is 6.87. The van der Waals surface area contributed by atoms with Crippen LogP contribution in [0.4, 0.5) is 5.69 Å². The first-order valence-electron chi connectivity index (χ1n) is 12.8. The van der Waals surface area contributed by atoms with Gasteiger partial charge in [-0.25, -0.2) is 8.42 Å². The average molecular weight is 533 g/mol. The highest BCUT2D eigenvalue weighted by Gasteiger charge is 2.32. The van der Waals surface area contributed by atoms with Gasteiger partial charge in [0, 0.05) is 17.8 Å². The van der Waals surface area contributed by atoms with Crippen molar-refractivity contribution in [2.45, 2.75) is 69.1 Å². The number of anilines is 1. The summed E-state index contributed by atoms with van der Waals surface area (Å²) in [5.74, 6) is 1.03. The van der Waals surface area contributed by atoms with Gasteiger partial charge in [0.2, 0.25) is 5.91 Å². The standard InChI is InChI=1S/C29H32N4O4S/c1-19-14-20(15-28(34)32-21-17-31-33(18-21)29(2,3)4)8-11-26(19)37-27-12-13-30-25-10-9-23(16-24(25)27)38(35,36)22-6-5-7-22/h8-14,16-18,22H,5-7,15H2,1-4H3,(H,32,34). The summed E-state index contributed by atoms with van der Waals surface area (Å²) in [6.45, 7) is 8.05. The molecule has 4 aromatic rings. The minimum absolute atomic E-state index is 0.133.